The van der Waals surface area contributed by atoms with Crippen molar-refractivity contribution in [2.75, 3.05) is 7.11 Å². The number of rotatable bonds is 8. The molecule has 5 rings (SSSR count). The van der Waals surface area contributed by atoms with Gasteiger partial charge in [0, 0.05) is 41.8 Å². The van der Waals surface area contributed by atoms with Gasteiger partial charge in [0.2, 0.25) is 0 Å². The number of esters is 1. The van der Waals surface area contributed by atoms with Crippen LogP contribution in [0.4, 0.5) is 0 Å². The normalized spacial score (nSPS) is 11.2. The first kappa shape index (κ1) is 21.6. The highest BCUT2D eigenvalue weighted by Crippen LogP contribution is 2.36. The van der Waals surface area contributed by atoms with E-state index in [0.717, 1.165) is 35.0 Å². The standard InChI is InChI=1S/C26H26N6O2/c1-17-3-5-18(6-4-17)7-9-21-22-15-19(26(33)34-2)8-10-23(22)32(14-12-24-28-30-31-29-24)25(21)20-11-13-27-16-20/h3-6,8,10-11,13,15-16,27H,7,9,12,14H2,1-2H3,(H,28,29,30,31). The zero-order chi connectivity index (χ0) is 23.5. The minimum Gasteiger partial charge on any atom is -0.465 e. The van der Waals surface area contributed by atoms with Crippen molar-refractivity contribution in [3.8, 4) is 11.3 Å². The fraction of sp³-hybridized carbons (Fsp3) is 0.231. The van der Waals surface area contributed by atoms with Crippen molar-refractivity contribution >= 4 is 16.9 Å². The highest BCUT2D eigenvalue weighted by molar-refractivity contribution is 5.98. The van der Waals surface area contributed by atoms with Crippen molar-refractivity contribution in [2.24, 2.45) is 0 Å². The van der Waals surface area contributed by atoms with E-state index in [9.17, 15) is 4.79 Å². The molecule has 0 amide bonds. The van der Waals surface area contributed by atoms with Crippen molar-refractivity contribution in [1.82, 2.24) is 30.2 Å². The van der Waals surface area contributed by atoms with Crippen molar-refractivity contribution in [1.29, 1.82) is 0 Å². The molecule has 0 saturated heterocycles. The third-order valence-corrected chi connectivity index (χ3v) is 6.19. The second-order valence-corrected chi connectivity index (χ2v) is 8.37. The van der Waals surface area contributed by atoms with Gasteiger partial charge in [-0.3, -0.25) is 0 Å². The average molecular weight is 455 g/mol. The number of tetrazole rings is 1. The van der Waals surface area contributed by atoms with Crippen LogP contribution in [0, 0.1) is 6.92 Å². The van der Waals surface area contributed by atoms with Crippen molar-refractivity contribution in [3.63, 3.8) is 0 Å². The molecule has 0 unspecified atom stereocenters. The maximum atomic E-state index is 12.3. The number of benzene rings is 2. The van der Waals surface area contributed by atoms with E-state index in [1.165, 1.54) is 23.8 Å². The van der Waals surface area contributed by atoms with Gasteiger partial charge in [-0.05, 0) is 55.2 Å². The predicted octanol–water partition coefficient (Wildman–Crippen LogP) is 4.27. The van der Waals surface area contributed by atoms with Gasteiger partial charge >= 0.3 is 5.97 Å². The van der Waals surface area contributed by atoms with Crippen LogP contribution in [-0.4, -0.2) is 43.3 Å². The van der Waals surface area contributed by atoms with Gasteiger partial charge in [0.1, 0.15) is 0 Å². The number of ether oxygens (including phenoxy) is 1. The Balaban J connectivity index is 1.64. The number of aryl methyl sites for hydroxylation is 5. The quantitative estimate of drug-likeness (QED) is 0.341. The zero-order valence-corrected chi connectivity index (χ0v) is 19.2. The number of aromatic amines is 2. The lowest BCUT2D eigenvalue weighted by Crippen LogP contribution is -2.05. The molecule has 3 aromatic heterocycles. The molecule has 172 valence electrons. The molecule has 0 fully saturated rings. The third kappa shape index (κ3) is 4.22. The van der Waals surface area contributed by atoms with E-state index in [0.29, 0.717) is 24.4 Å². The molecule has 0 atom stereocenters. The Morgan fingerprint density at radius 2 is 1.91 bits per heavy atom. The Morgan fingerprint density at radius 1 is 1.06 bits per heavy atom. The van der Waals surface area contributed by atoms with Crippen LogP contribution in [0.2, 0.25) is 0 Å². The molecule has 8 heteroatoms. The molecule has 0 aliphatic heterocycles. The summed E-state index contributed by atoms with van der Waals surface area (Å²) in [5.74, 6) is 0.323. The Labute approximate surface area is 197 Å². The number of nitrogens with zero attached hydrogens (tertiary/aromatic N) is 4. The number of hydrogen-bond donors (Lipinski definition) is 2. The van der Waals surface area contributed by atoms with E-state index in [1.54, 1.807) is 0 Å². The molecule has 34 heavy (non-hydrogen) atoms. The van der Waals surface area contributed by atoms with E-state index in [2.05, 4.69) is 67.4 Å². The molecule has 0 spiro atoms. The first-order valence-corrected chi connectivity index (χ1v) is 11.3. The Hall–Kier alpha value is -4.20. The van der Waals surface area contributed by atoms with Gasteiger partial charge in [-0.25, -0.2) is 4.79 Å². The second kappa shape index (κ2) is 9.35. The first-order chi connectivity index (χ1) is 16.6. The lowest BCUT2D eigenvalue weighted by Gasteiger charge is -2.11. The van der Waals surface area contributed by atoms with Crippen molar-refractivity contribution in [3.05, 3.63) is 89.0 Å². The third-order valence-electron chi connectivity index (χ3n) is 6.19. The lowest BCUT2D eigenvalue weighted by atomic mass is 9.98. The first-order valence-electron chi connectivity index (χ1n) is 11.3. The summed E-state index contributed by atoms with van der Waals surface area (Å²) in [6.07, 6.45) is 6.30. The number of methoxy groups -OCH3 is 1. The fourth-order valence-corrected chi connectivity index (χ4v) is 4.48. The molecular formula is C26H26N6O2. The molecule has 5 aromatic rings. The minimum absolute atomic E-state index is 0.339. The van der Waals surface area contributed by atoms with Gasteiger partial charge in [0.05, 0.1) is 18.4 Å². The van der Waals surface area contributed by atoms with Gasteiger partial charge in [-0.15, -0.1) is 10.2 Å². The number of hydrogen-bond acceptors (Lipinski definition) is 5. The highest BCUT2D eigenvalue weighted by Gasteiger charge is 2.21. The molecule has 0 radical (unpaired) electrons. The molecule has 8 nitrogen and oxygen atoms in total. The van der Waals surface area contributed by atoms with Crippen LogP contribution < -0.4 is 0 Å². The Morgan fingerprint density at radius 3 is 2.62 bits per heavy atom. The number of fused-ring (bicyclic) bond motifs is 1. The van der Waals surface area contributed by atoms with Crippen LogP contribution in [-0.2, 0) is 30.5 Å². The second-order valence-electron chi connectivity index (χ2n) is 8.37. The molecule has 0 saturated carbocycles. The summed E-state index contributed by atoms with van der Waals surface area (Å²) in [6.45, 7) is 2.78. The maximum absolute atomic E-state index is 12.3. The van der Waals surface area contributed by atoms with Crippen LogP contribution in [0.25, 0.3) is 22.2 Å². The summed E-state index contributed by atoms with van der Waals surface area (Å²) >= 11 is 0. The largest absolute Gasteiger partial charge is 0.465 e. The molecule has 2 aromatic carbocycles. The van der Waals surface area contributed by atoms with E-state index < -0.39 is 0 Å². The average Bonchev–Trinajstić information content (AvgIpc) is 3.62. The Kier molecular flexibility index (Phi) is 5.95. The summed E-state index contributed by atoms with van der Waals surface area (Å²) in [6, 6.07) is 16.5. The zero-order valence-electron chi connectivity index (χ0n) is 19.2. The van der Waals surface area contributed by atoms with Gasteiger partial charge in [-0.1, -0.05) is 35.0 Å². The SMILES string of the molecule is COC(=O)c1ccc2c(c1)c(CCc1ccc(C)cc1)c(-c1cc[nH]c1)n2CCc1nn[nH]n1. The van der Waals surface area contributed by atoms with Crippen LogP contribution in [0.1, 0.15) is 32.9 Å². The number of aromatic nitrogens is 6. The molecule has 2 N–H and O–H groups in total. The van der Waals surface area contributed by atoms with Crippen molar-refractivity contribution < 1.29 is 9.53 Å². The summed E-state index contributed by atoms with van der Waals surface area (Å²) in [5, 5.41) is 15.5. The number of carbonyl (C=O) groups is 1. The van der Waals surface area contributed by atoms with Gasteiger partial charge < -0.3 is 14.3 Å². The van der Waals surface area contributed by atoms with E-state index in [1.807, 2.05) is 30.6 Å². The van der Waals surface area contributed by atoms with Crippen LogP contribution >= 0.6 is 0 Å². The van der Waals surface area contributed by atoms with Gasteiger partial charge in [0.25, 0.3) is 0 Å². The van der Waals surface area contributed by atoms with Gasteiger partial charge in [0.15, 0.2) is 5.82 Å². The van der Waals surface area contributed by atoms with Crippen LogP contribution in [0.15, 0.2) is 60.9 Å². The molecule has 0 aliphatic rings. The molecule has 3 heterocycles. The number of nitrogens with one attached hydrogen (secondary N) is 2. The molecule has 0 bridgehead atoms. The fourth-order valence-electron chi connectivity index (χ4n) is 4.48. The monoisotopic (exact) mass is 454 g/mol. The van der Waals surface area contributed by atoms with Crippen LogP contribution in [0.5, 0.6) is 0 Å². The van der Waals surface area contributed by atoms with E-state index in [-0.39, 0.29) is 5.97 Å². The topological polar surface area (TPSA) is 101 Å². The summed E-state index contributed by atoms with van der Waals surface area (Å²) in [5.41, 5.74) is 7.57. The Bertz CT molecular complexity index is 1400. The van der Waals surface area contributed by atoms with E-state index in [4.69, 9.17) is 4.74 Å². The smallest absolute Gasteiger partial charge is 0.337 e. The summed E-state index contributed by atoms with van der Waals surface area (Å²) in [7, 11) is 1.41. The van der Waals surface area contributed by atoms with Crippen LogP contribution in [0.3, 0.4) is 0 Å². The molecule has 0 aliphatic carbocycles. The minimum atomic E-state index is -0.339. The lowest BCUT2D eigenvalue weighted by molar-refractivity contribution is 0.0601. The highest BCUT2D eigenvalue weighted by atomic mass is 16.5. The predicted molar refractivity (Wildman–Crippen MR) is 130 cm³/mol. The number of H-pyrrole nitrogens is 2. The van der Waals surface area contributed by atoms with E-state index >= 15 is 0 Å². The number of carbonyl (C=O) groups excluding carboxylic acids is 1. The van der Waals surface area contributed by atoms with Gasteiger partial charge in [-0.2, -0.15) is 5.21 Å². The summed E-state index contributed by atoms with van der Waals surface area (Å²) < 4.78 is 7.29. The van der Waals surface area contributed by atoms with Crippen molar-refractivity contribution in [2.45, 2.75) is 32.7 Å². The maximum Gasteiger partial charge on any atom is 0.337 e. The summed E-state index contributed by atoms with van der Waals surface area (Å²) in [4.78, 5) is 15.5. The molecular weight excluding hydrogens is 428 g/mol.